The lowest BCUT2D eigenvalue weighted by molar-refractivity contribution is 0.313. The number of thiophene rings is 1. The zero-order valence-corrected chi connectivity index (χ0v) is 10.6. The largest absolute Gasteiger partial charge is 0.147 e. The lowest BCUT2D eigenvalue weighted by atomic mass is 9.82. The minimum atomic E-state index is 0.584. The van der Waals surface area contributed by atoms with Gasteiger partial charge in [-0.1, -0.05) is 22.4 Å². The quantitative estimate of drug-likeness (QED) is 0.692. The zero-order chi connectivity index (χ0) is 8.55. The van der Waals surface area contributed by atoms with Crippen LogP contribution in [0.4, 0.5) is 0 Å². The molecule has 0 N–H and O–H groups in total. The summed E-state index contributed by atoms with van der Waals surface area (Å²) in [5, 5.41) is 2.15. The third-order valence-electron chi connectivity index (χ3n) is 2.46. The van der Waals surface area contributed by atoms with Crippen molar-refractivity contribution in [2.24, 2.45) is 5.92 Å². The van der Waals surface area contributed by atoms with E-state index in [0.29, 0.717) is 4.83 Å². The van der Waals surface area contributed by atoms with Crippen LogP contribution < -0.4 is 0 Å². The van der Waals surface area contributed by atoms with Crippen LogP contribution >= 0.6 is 43.2 Å². The molecule has 0 nitrogen and oxygen atoms in total. The van der Waals surface area contributed by atoms with E-state index < -0.39 is 0 Å². The second kappa shape index (κ2) is 3.81. The molecule has 1 aromatic heterocycles. The topological polar surface area (TPSA) is 0 Å². The fourth-order valence-electron chi connectivity index (χ4n) is 1.45. The van der Waals surface area contributed by atoms with E-state index in [2.05, 4.69) is 43.3 Å². The number of alkyl halides is 1. The summed E-state index contributed by atoms with van der Waals surface area (Å²) in [4.78, 5) is 2.04. The molecule has 0 spiro atoms. The zero-order valence-electron chi connectivity index (χ0n) is 6.59. The van der Waals surface area contributed by atoms with Gasteiger partial charge in [-0.3, -0.25) is 0 Å². The van der Waals surface area contributed by atoms with Crippen molar-refractivity contribution in [1.29, 1.82) is 0 Å². The van der Waals surface area contributed by atoms with Gasteiger partial charge in [0, 0.05) is 9.35 Å². The van der Waals surface area contributed by atoms with E-state index >= 15 is 0 Å². The molecule has 1 aliphatic carbocycles. The Bertz CT molecular complexity index is 265. The highest BCUT2D eigenvalue weighted by Crippen LogP contribution is 2.46. The van der Waals surface area contributed by atoms with Crippen LogP contribution in [0.1, 0.15) is 29.0 Å². The van der Waals surface area contributed by atoms with Gasteiger partial charge in [0.25, 0.3) is 0 Å². The lowest BCUT2D eigenvalue weighted by Gasteiger charge is -2.29. The summed E-state index contributed by atoms with van der Waals surface area (Å²) in [7, 11) is 0. The van der Waals surface area contributed by atoms with Crippen LogP contribution in [-0.4, -0.2) is 0 Å². The van der Waals surface area contributed by atoms with E-state index in [-0.39, 0.29) is 0 Å². The van der Waals surface area contributed by atoms with Crippen molar-refractivity contribution < 1.29 is 0 Å². The molecule has 1 unspecified atom stereocenters. The second-order valence-corrected chi connectivity index (χ2v) is 6.01. The predicted molar refractivity (Wildman–Crippen MR) is 61.0 cm³/mol. The van der Waals surface area contributed by atoms with Gasteiger partial charge in [-0.15, -0.1) is 11.3 Å². The third kappa shape index (κ3) is 1.64. The van der Waals surface area contributed by atoms with Gasteiger partial charge < -0.3 is 0 Å². The molecule has 1 fully saturated rings. The van der Waals surface area contributed by atoms with Gasteiger partial charge in [0.15, 0.2) is 0 Å². The van der Waals surface area contributed by atoms with Gasteiger partial charge in [0.1, 0.15) is 0 Å². The molecule has 0 aromatic carbocycles. The number of halogens is 2. The summed E-state index contributed by atoms with van der Waals surface area (Å²) in [6.45, 7) is 0. The molecule has 3 heteroatoms. The smallest absolute Gasteiger partial charge is 0.0528 e. The van der Waals surface area contributed by atoms with Crippen molar-refractivity contribution >= 4 is 43.2 Å². The summed E-state index contributed by atoms with van der Waals surface area (Å²) < 4.78 is 1.27. The Morgan fingerprint density at radius 2 is 2.25 bits per heavy atom. The van der Waals surface area contributed by atoms with Crippen LogP contribution in [0.3, 0.4) is 0 Å². The number of rotatable bonds is 2. The van der Waals surface area contributed by atoms with Crippen molar-refractivity contribution in [2.75, 3.05) is 0 Å². The standard InChI is InChI=1S/C9H10Br2S/c10-7-4-5-12-9(7)8(11)6-2-1-3-6/h4-6,8H,1-3H2. The normalized spacial score (nSPS) is 20.5. The minimum Gasteiger partial charge on any atom is -0.147 e. The maximum absolute atomic E-state index is 3.77. The highest BCUT2D eigenvalue weighted by Gasteiger charge is 2.28. The summed E-state index contributed by atoms with van der Waals surface area (Å²) in [5.41, 5.74) is 0. The first-order valence-corrected chi connectivity index (χ1v) is 6.75. The first-order valence-electron chi connectivity index (χ1n) is 4.16. The van der Waals surface area contributed by atoms with E-state index in [9.17, 15) is 0 Å². The first kappa shape index (κ1) is 9.22. The number of hydrogen-bond acceptors (Lipinski definition) is 1. The van der Waals surface area contributed by atoms with Crippen LogP contribution in [0.2, 0.25) is 0 Å². The molecule has 1 atom stereocenters. The van der Waals surface area contributed by atoms with E-state index in [4.69, 9.17) is 0 Å². The molecule has 66 valence electrons. The molecule has 0 bridgehead atoms. The third-order valence-corrected chi connectivity index (χ3v) is 5.92. The average Bonchev–Trinajstić information content (AvgIpc) is 2.31. The molecule has 0 saturated heterocycles. The predicted octanol–water partition coefficient (Wildman–Crippen LogP) is 4.75. The van der Waals surface area contributed by atoms with Gasteiger partial charge in [0.2, 0.25) is 0 Å². The van der Waals surface area contributed by atoms with Crippen LogP contribution in [0.5, 0.6) is 0 Å². The Kier molecular flexibility index (Phi) is 2.93. The monoisotopic (exact) mass is 308 g/mol. The molecule has 0 aliphatic heterocycles. The Balaban J connectivity index is 2.13. The summed E-state index contributed by atoms with van der Waals surface area (Å²) >= 11 is 9.18. The lowest BCUT2D eigenvalue weighted by Crippen LogP contribution is -2.15. The van der Waals surface area contributed by atoms with Crippen LogP contribution in [-0.2, 0) is 0 Å². The van der Waals surface area contributed by atoms with Crippen molar-refractivity contribution in [1.82, 2.24) is 0 Å². The molecule has 0 amide bonds. The highest BCUT2D eigenvalue weighted by atomic mass is 79.9. The molecule has 1 saturated carbocycles. The van der Waals surface area contributed by atoms with Gasteiger partial charge in [-0.05, 0) is 46.1 Å². The summed E-state index contributed by atoms with van der Waals surface area (Å²) in [5.74, 6) is 0.875. The maximum Gasteiger partial charge on any atom is 0.0528 e. The molecule has 1 aliphatic rings. The fraction of sp³-hybridized carbons (Fsp3) is 0.556. The van der Waals surface area contributed by atoms with Crippen molar-refractivity contribution in [3.8, 4) is 0 Å². The van der Waals surface area contributed by atoms with Gasteiger partial charge in [-0.2, -0.15) is 0 Å². The van der Waals surface area contributed by atoms with Gasteiger partial charge >= 0.3 is 0 Å². The summed E-state index contributed by atoms with van der Waals surface area (Å²) in [6, 6.07) is 2.13. The molecule has 0 radical (unpaired) electrons. The molecule has 1 heterocycles. The van der Waals surface area contributed by atoms with E-state index in [1.165, 1.54) is 28.6 Å². The molecule has 12 heavy (non-hydrogen) atoms. The van der Waals surface area contributed by atoms with Gasteiger partial charge in [0.05, 0.1) is 4.83 Å². The first-order chi connectivity index (χ1) is 5.79. The number of hydrogen-bond donors (Lipinski definition) is 0. The van der Waals surface area contributed by atoms with E-state index in [1.54, 1.807) is 0 Å². The van der Waals surface area contributed by atoms with E-state index in [1.807, 2.05) is 11.3 Å². The Labute approximate surface area is 93.6 Å². The Morgan fingerprint density at radius 1 is 1.50 bits per heavy atom. The Morgan fingerprint density at radius 3 is 2.67 bits per heavy atom. The van der Waals surface area contributed by atoms with Crippen LogP contribution in [0.15, 0.2) is 15.9 Å². The van der Waals surface area contributed by atoms with Crippen molar-refractivity contribution in [3.63, 3.8) is 0 Å². The molecular weight excluding hydrogens is 300 g/mol. The van der Waals surface area contributed by atoms with Crippen molar-refractivity contribution in [3.05, 3.63) is 20.8 Å². The molecule has 2 rings (SSSR count). The highest BCUT2D eigenvalue weighted by molar-refractivity contribution is 9.11. The maximum atomic E-state index is 3.77. The average molecular weight is 310 g/mol. The fourth-order valence-corrected chi connectivity index (χ4v) is 4.54. The molecular formula is C9H10Br2S. The Hall–Kier alpha value is 0.660. The second-order valence-electron chi connectivity index (χ2n) is 3.23. The van der Waals surface area contributed by atoms with Crippen molar-refractivity contribution in [2.45, 2.75) is 24.1 Å². The SMILES string of the molecule is Brc1ccsc1C(Br)C1CCC1. The summed E-state index contributed by atoms with van der Waals surface area (Å²) in [6.07, 6.45) is 4.19. The molecule has 1 aromatic rings. The van der Waals surface area contributed by atoms with Gasteiger partial charge in [-0.25, -0.2) is 0 Å². The minimum absolute atomic E-state index is 0.584. The van der Waals surface area contributed by atoms with Crippen LogP contribution in [0, 0.1) is 5.92 Å². The van der Waals surface area contributed by atoms with Crippen LogP contribution in [0.25, 0.3) is 0 Å². The van der Waals surface area contributed by atoms with E-state index in [0.717, 1.165) is 5.92 Å².